The second kappa shape index (κ2) is 5.30. The third-order valence-corrected chi connectivity index (χ3v) is 4.64. The molecule has 1 aromatic rings. The van der Waals surface area contributed by atoms with Crippen molar-refractivity contribution in [3.63, 3.8) is 0 Å². The van der Waals surface area contributed by atoms with Gasteiger partial charge < -0.3 is 9.80 Å². The molecule has 3 rings (SSSR count). The predicted octanol–water partition coefficient (Wildman–Crippen LogP) is 2.20. The third kappa shape index (κ3) is 2.39. The van der Waals surface area contributed by atoms with Crippen LogP contribution in [0.25, 0.3) is 0 Å². The molecule has 0 unspecified atom stereocenters. The molecule has 1 aromatic carbocycles. The highest BCUT2D eigenvalue weighted by molar-refractivity contribution is 6.31. The summed E-state index contributed by atoms with van der Waals surface area (Å²) in [6.45, 7) is 2.62. The molecule has 0 N–H and O–H groups in total. The molecule has 2 atom stereocenters. The quantitative estimate of drug-likeness (QED) is 0.840. The lowest BCUT2D eigenvalue weighted by Gasteiger charge is -2.41. The zero-order chi connectivity index (χ0) is 15.1. The van der Waals surface area contributed by atoms with Crippen LogP contribution in [0.1, 0.15) is 25.3 Å². The van der Waals surface area contributed by atoms with Gasteiger partial charge in [0, 0.05) is 18.1 Å². The molecule has 0 spiro atoms. The summed E-state index contributed by atoms with van der Waals surface area (Å²) in [4.78, 5) is 28.1. The van der Waals surface area contributed by atoms with Gasteiger partial charge >= 0.3 is 0 Å². The van der Waals surface area contributed by atoms with Crippen molar-refractivity contribution < 1.29 is 14.0 Å². The minimum Gasteiger partial charge on any atom is -0.329 e. The highest BCUT2D eigenvalue weighted by Gasteiger charge is 2.45. The molecule has 0 bridgehead atoms. The van der Waals surface area contributed by atoms with Crippen molar-refractivity contribution in [3.8, 4) is 0 Å². The first kappa shape index (κ1) is 14.3. The van der Waals surface area contributed by atoms with Crippen LogP contribution in [-0.2, 0) is 16.1 Å². The van der Waals surface area contributed by atoms with E-state index in [1.165, 1.54) is 12.1 Å². The Morgan fingerprint density at radius 1 is 1.33 bits per heavy atom. The second-order valence-corrected chi connectivity index (χ2v) is 5.97. The zero-order valence-corrected chi connectivity index (χ0v) is 12.4. The predicted molar refractivity (Wildman–Crippen MR) is 76.2 cm³/mol. The van der Waals surface area contributed by atoms with Crippen LogP contribution < -0.4 is 0 Å². The van der Waals surface area contributed by atoms with Crippen LogP contribution in [0.5, 0.6) is 0 Å². The number of carbonyl (C=O) groups excluding carboxylic acids is 2. The topological polar surface area (TPSA) is 40.6 Å². The third-order valence-electron chi connectivity index (χ3n) is 4.28. The lowest BCUT2D eigenvalue weighted by atomic mass is 10.0. The van der Waals surface area contributed by atoms with Crippen molar-refractivity contribution in [1.29, 1.82) is 0 Å². The SMILES string of the molecule is C[C@H]1C(=O)N2CCC[C@H]2C(=O)N1Cc1ccc(F)cc1Cl. The number of halogens is 2. The average Bonchev–Trinajstić information content (AvgIpc) is 2.93. The molecule has 21 heavy (non-hydrogen) atoms. The number of hydrogen-bond donors (Lipinski definition) is 0. The van der Waals surface area contributed by atoms with Crippen LogP contribution in [0, 0.1) is 5.82 Å². The summed E-state index contributed by atoms with van der Waals surface area (Å²) < 4.78 is 13.1. The number of benzene rings is 1. The summed E-state index contributed by atoms with van der Waals surface area (Å²) in [5.41, 5.74) is 0.650. The molecule has 2 aliphatic rings. The van der Waals surface area contributed by atoms with Crippen LogP contribution in [0.15, 0.2) is 18.2 Å². The molecular formula is C15H16ClFN2O2. The zero-order valence-electron chi connectivity index (χ0n) is 11.7. The van der Waals surface area contributed by atoms with E-state index in [0.717, 1.165) is 6.42 Å². The molecule has 0 radical (unpaired) electrons. The van der Waals surface area contributed by atoms with Crippen LogP contribution in [0.2, 0.25) is 5.02 Å². The van der Waals surface area contributed by atoms with Crippen molar-refractivity contribution in [2.45, 2.75) is 38.4 Å². The van der Waals surface area contributed by atoms with Crippen molar-refractivity contribution in [2.75, 3.05) is 6.54 Å². The van der Waals surface area contributed by atoms with E-state index in [1.54, 1.807) is 22.8 Å². The lowest BCUT2D eigenvalue weighted by molar-refractivity contribution is -0.159. The normalized spacial score (nSPS) is 25.5. The Kier molecular flexibility index (Phi) is 3.61. The van der Waals surface area contributed by atoms with E-state index in [9.17, 15) is 14.0 Å². The van der Waals surface area contributed by atoms with Gasteiger partial charge in [-0.05, 0) is 37.5 Å². The van der Waals surface area contributed by atoms with Crippen molar-refractivity contribution >= 4 is 23.4 Å². The van der Waals surface area contributed by atoms with E-state index in [1.807, 2.05) is 0 Å². The minimum atomic E-state index is -0.507. The van der Waals surface area contributed by atoms with Gasteiger partial charge in [-0.15, -0.1) is 0 Å². The Morgan fingerprint density at radius 3 is 2.81 bits per heavy atom. The monoisotopic (exact) mass is 310 g/mol. The first-order chi connectivity index (χ1) is 9.99. The molecule has 4 nitrogen and oxygen atoms in total. The van der Waals surface area contributed by atoms with Gasteiger partial charge in [0.05, 0.1) is 0 Å². The first-order valence-electron chi connectivity index (χ1n) is 7.04. The molecule has 0 aromatic heterocycles. The highest BCUT2D eigenvalue weighted by atomic mass is 35.5. The molecule has 0 aliphatic carbocycles. The minimum absolute atomic E-state index is 0.0182. The van der Waals surface area contributed by atoms with E-state index in [2.05, 4.69) is 0 Å². The van der Waals surface area contributed by atoms with E-state index in [4.69, 9.17) is 11.6 Å². The number of carbonyl (C=O) groups is 2. The second-order valence-electron chi connectivity index (χ2n) is 5.57. The fourth-order valence-corrected chi connectivity index (χ4v) is 3.32. The Bertz CT molecular complexity index is 607. The summed E-state index contributed by atoms with van der Waals surface area (Å²) in [6.07, 6.45) is 1.57. The van der Waals surface area contributed by atoms with Gasteiger partial charge in [-0.25, -0.2) is 4.39 Å². The van der Waals surface area contributed by atoms with Gasteiger partial charge in [0.25, 0.3) is 0 Å². The van der Waals surface area contributed by atoms with Crippen molar-refractivity contribution in [1.82, 2.24) is 9.80 Å². The summed E-state index contributed by atoms with van der Waals surface area (Å²) in [5, 5.41) is 0.274. The number of fused-ring (bicyclic) bond motifs is 1. The number of amides is 2. The summed E-state index contributed by atoms with van der Waals surface area (Å²) in [7, 11) is 0. The number of hydrogen-bond acceptors (Lipinski definition) is 2. The maximum absolute atomic E-state index is 13.1. The molecule has 112 valence electrons. The highest BCUT2D eigenvalue weighted by Crippen LogP contribution is 2.29. The van der Waals surface area contributed by atoms with Crippen LogP contribution >= 0.6 is 11.6 Å². The summed E-state index contributed by atoms with van der Waals surface area (Å²) >= 11 is 6.02. The maximum Gasteiger partial charge on any atom is 0.246 e. The Hall–Kier alpha value is -1.62. The van der Waals surface area contributed by atoms with Crippen LogP contribution in [0.4, 0.5) is 4.39 Å². The molecule has 0 saturated carbocycles. The summed E-state index contributed by atoms with van der Waals surface area (Å²) in [5.74, 6) is -0.477. The number of rotatable bonds is 2. The average molecular weight is 311 g/mol. The molecule has 2 fully saturated rings. The molecular weight excluding hydrogens is 295 g/mol. The van der Waals surface area contributed by atoms with E-state index >= 15 is 0 Å². The van der Waals surface area contributed by atoms with E-state index < -0.39 is 11.9 Å². The Labute approximate surface area is 127 Å². The van der Waals surface area contributed by atoms with Crippen molar-refractivity contribution in [3.05, 3.63) is 34.6 Å². The van der Waals surface area contributed by atoms with E-state index in [0.29, 0.717) is 18.5 Å². The first-order valence-corrected chi connectivity index (χ1v) is 7.41. The number of nitrogens with zero attached hydrogens (tertiary/aromatic N) is 2. The molecule has 2 amide bonds. The maximum atomic E-state index is 13.1. The molecule has 2 heterocycles. The Balaban J connectivity index is 1.86. The smallest absolute Gasteiger partial charge is 0.246 e. The largest absolute Gasteiger partial charge is 0.329 e. The van der Waals surface area contributed by atoms with Crippen LogP contribution in [0.3, 0.4) is 0 Å². The van der Waals surface area contributed by atoms with Gasteiger partial charge in [-0.2, -0.15) is 0 Å². The molecule has 2 saturated heterocycles. The molecule has 2 aliphatic heterocycles. The molecule has 6 heteroatoms. The van der Waals surface area contributed by atoms with Gasteiger partial charge in [0.1, 0.15) is 17.9 Å². The van der Waals surface area contributed by atoms with Gasteiger partial charge in [0.15, 0.2) is 0 Å². The lowest BCUT2D eigenvalue weighted by Crippen LogP contribution is -2.61. The van der Waals surface area contributed by atoms with Gasteiger partial charge in [-0.1, -0.05) is 17.7 Å². The fraction of sp³-hybridized carbons (Fsp3) is 0.467. The standard InChI is InChI=1S/C15H16ClFN2O2/c1-9-14(20)18-6-2-3-13(18)15(21)19(9)8-10-4-5-11(17)7-12(10)16/h4-5,7,9,13H,2-3,6,8H2,1H3/t9-,13-/m0/s1. The van der Waals surface area contributed by atoms with Crippen LogP contribution in [-0.4, -0.2) is 40.2 Å². The van der Waals surface area contributed by atoms with Gasteiger partial charge in [-0.3, -0.25) is 9.59 Å². The van der Waals surface area contributed by atoms with Crippen molar-refractivity contribution in [2.24, 2.45) is 0 Å². The fourth-order valence-electron chi connectivity index (χ4n) is 3.09. The number of piperazine rings is 1. The summed E-state index contributed by atoms with van der Waals surface area (Å²) in [6, 6.07) is 3.24. The Morgan fingerprint density at radius 2 is 2.10 bits per heavy atom. The van der Waals surface area contributed by atoms with Gasteiger partial charge in [0.2, 0.25) is 11.8 Å². The van der Waals surface area contributed by atoms with E-state index in [-0.39, 0.29) is 29.4 Å².